The fraction of sp³-hybridized carbons (Fsp3) is 0.300. The molecule has 0 radical (unpaired) electrons. The Morgan fingerprint density at radius 1 is 0.920 bits per heavy atom. The molecule has 3 rings (SSSR count). The first kappa shape index (κ1) is 17.1. The van der Waals surface area contributed by atoms with Crippen LogP contribution in [-0.4, -0.2) is 36.3 Å². The maximum Gasteiger partial charge on any atom is 0.253 e. The summed E-state index contributed by atoms with van der Waals surface area (Å²) < 4.78 is 12.8. The van der Waals surface area contributed by atoms with Gasteiger partial charge in [-0.25, -0.2) is 4.39 Å². The summed E-state index contributed by atoms with van der Waals surface area (Å²) in [5, 5.41) is 2.84. The number of nitrogens with zero attached hydrogens (tertiary/aromatic N) is 1. The molecule has 1 aliphatic rings. The van der Waals surface area contributed by atoms with Gasteiger partial charge in [0.1, 0.15) is 5.82 Å². The molecule has 0 aliphatic carbocycles. The average molecular weight is 340 g/mol. The van der Waals surface area contributed by atoms with Crippen LogP contribution < -0.4 is 5.32 Å². The lowest BCUT2D eigenvalue weighted by Crippen LogP contribution is -2.28. The fourth-order valence-electron chi connectivity index (χ4n) is 2.94. The van der Waals surface area contributed by atoms with Gasteiger partial charge < -0.3 is 10.2 Å². The van der Waals surface area contributed by atoms with Gasteiger partial charge in [-0.3, -0.25) is 9.59 Å². The SMILES string of the molecule is O=C(NCCc1ccc(F)cc1)c1ccc(C(=O)N2CCCC2)cc1. The van der Waals surface area contributed by atoms with Crippen molar-refractivity contribution >= 4 is 11.8 Å². The predicted molar refractivity (Wildman–Crippen MR) is 94.0 cm³/mol. The molecule has 1 saturated heterocycles. The summed E-state index contributed by atoms with van der Waals surface area (Å²) in [6.45, 7) is 2.09. The zero-order chi connectivity index (χ0) is 17.6. The number of rotatable bonds is 5. The molecule has 0 atom stereocenters. The van der Waals surface area contributed by atoms with Gasteiger partial charge in [-0.05, 0) is 61.2 Å². The van der Waals surface area contributed by atoms with Crippen LogP contribution in [0.1, 0.15) is 39.1 Å². The van der Waals surface area contributed by atoms with Crippen molar-refractivity contribution in [1.82, 2.24) is 10.2 Å². The van der Waals surface area contributed by atoms with Crippen LogP contribution in [0.15, 0.2) is 48.5 Å². The normalized spacial score (nSPS) is 13.7. The summed E-state index contributed by atoms with van der Waals surface area (Å²) in [6.07, 6.45) is 2.75. The van der Waals surface area contributed by atoms with Gasteiger partial charge in [0.2, 0.25) is 0 Å². The number of carbonyl (C=O) groups is 2. The van der Waals surface area contributed by atoms with Crippen LogP contribution in [0.25, 0.3) is 0 Å². The fourth-order valence-corrected chi connectivity index (χ4v) is 2.94. The highest BCUT2D eigenvalue weighted by Crippen LogP contribution is 2.13. The molecule has 25 heavy (non-hydrogen) atoms. The number of benzene rings is 2. The Morgan fingerprint density at radius 3 is 2.16 bits per heavy atom. The third kappa shape index (κ3) is 4.44. The molecule has 0 aromatic heterocycles. The van der Waals surface area contributed by atoms with E-state index in [0.717, 1.165) is 31.5 Å². The Morgan fingerprint density at radius 2 is 1.52 bits per heavy atom. The van der Waals surface area contributed by atoms with E-state index in [-0.39, 0.29) is 17.6 Å². The topological polar surface area (TPSA) is 49.4 Å². The summed E-state index contributed by atoms with van der Waals surface area (Å²) in [5.74, 6) is -0.417. The highest BCUT2D eigenvalue weighted by molar-refractivity contribution is 5.97. The van der Waals surface area contributed by atoms with Gasteiger partial charge in [0.25, 0.3) is 11.8 Å². The number of halogens is 1. The molecular formula is C20H21FN2O2. The molecule has 2 amide bonds. The number of nitrogens with one attached hydrogen (secondary N) is 1. The molecule has 0 saturated carbocycles. The van der Waals surface area contributed by atoms with Crippen LogP contribution in [0, 0.1) is 5.82 Å². The van der Waals surface area contributed by atoms with Gasteiger partial charge >= 0.3 is 0 Å². The molecule has 0 bridgehead atoms. The third-order valence-corrected chi connectivity index (χ3v) is 4.40. The first-order valence-electron chi connectivity index (χ1n) is 8.55. The first-order chi connectivity index (χ1) is 12.1. The smallest absolute Gasteiger partial charge is 0.253 e. The van der Waals surface area contributed by atoms with Crippen molar-refractivity contribution in [2.75, 3.05) is 19.6 Å². The lowest BCUT2D eigenvalue weighted by molar-refractivity contribution is 0.0792. The van der Waals surface area contributed by atoms with E-state index in [9.17, 15) is 14.0 Å². The monoisotopic (exact) mass is 340 g/mol. The molecule has 1 fully saturated rings. The van der Waals surface area contributed by atoms with Crippen LogP contribution in [0.5, 0.6) is 0 Å². The Labute approximate surface area is 146 Å². The molecule has 1 heterocycles. The summed E-state index contributed by atoms with van der Waals surface area (Å²) in [5.41, 5.74) is 2.11. The minimum absolute atomic E-state index is 0.0285. The molecule has 2 aromatic carbocycles. The van der Waals surface area contributed by atoms with E-state index in [4.69, 9.17) is 0 Å². The zero-order valence-electron chi connectivity index (χ0n) is 14.0. The van der Waals surface area contributed by atoms with Crippen LogP contribution in [0.3, 0.4) is 0 Å². The Hall–Kier alpha value is -2.69. The molecule has 1 N–H and O–H groups in total. The standard InChI is InChI=1S/C20H21FN2O2/c21-18-9-3-15(4-10-18)11-12-22-19(24)16-5-7-17(8-6-16)20(25)23-13-1-2-14-23/h3-10H,1-2,11-14H2,(H,22,24). The van der Waals surface area contributed by atoms with E-state index in [0.29, 0.717) is 24.1 Å². The van der Waals surface area contributed by atoms with E-state index < -0.39 is 0 Å². The predicted octanol–water partition coefficient (Wildman–Crippen LogP) is 3.03. The second kappa shape index (κ2) is 7.92. The van der Waals surface area contributed by atoms with Crippen LogP contribution in [0.2, 0.25) is 0 Å². The van der Waals surface area contributed by atoms with E-state index >= 15 is 0 Å². The Balaban J connectivity index is 1.51. The number of hydrogen-bond donors (Lipinski definition) is 1. The van der Waals surface area contributed by atoms with Crippen molar-refractivity contribution in [1.29, 1.82) is 0 Å². The molecular weight excluding hydrogens is 319 g/mol. The van der Waals surface area contributed by atoms with E-state index in [2.05, 4.69) is 5.32 Å². The van der Waals surface area contributed by atoms with Crippen LogP contribution in [0.4, 0.5) is 4.39 Å². The van der Waals surface area contributed by atoms with Crippen LogP contribution in [-0.2, 0) is 6.42 Å². The van der Waals surface area contributed by atoms with Crippen molar-refractivity contribution in [2.24, 2.45) is 0 Å². The van der Waals surface area contributed by atoms with Gasteiger partial charge in [0.15, 0.2) is 0 Å². The minimum atomic E-state index is -0.267. The van der Waals surface area contributed by atoms with Gasteiger partial charge in [-0.2, -0.15) is 0 Å². The summed E-state index contributed by atoms with van der Waals surface area (Å²) in [4.78, 5) is 26.3. The third-order valence-electron chi connectivity index (χ3n) is 4.40. The summed E-state index contributed by atoms with van der Waals surface area (Å²) in [7, 11) is 0. The van der Waals surface area contributed by atoms with Crippen molar-refractivity contribution in [2.45, 2.75) is 19.3 Å². The number of amides is 2. The number of carbonyl (C=O) groups excluding carboxylic acids is 2. The molecule has 130 valence electrons. The highest BCUT2D eigenvalue weighted by Gasteiger charge is 2.19. The van der Waals surface area contributed by atoms with Crippen molar-refractivity contribution in [3.63, 3.8) is 0 Å². The number of hydrogen-bond acceptors (Lipinski definition) is 2. The molecule has 0 spiro atoms. The van der Waals surface area contributed by atoms with Crippen LogP contribution >= 0.6 is 0 Å². The van der Waals surface area contributed by atoms with E-state index in [1.807, 2.05) is 4.90 Å². The highest BCUT2D eigenvalue weighted by atomic mass is 19.1. The van der Waals surface area contributed by atoms with Gasteiger partial charge in [-0.15, -0.1) is 0 Å². The van der Waals surface area contributed by atoms with Gasteiger partial charge in [-0.1, -0.05) is 12.1 Å². The summed E-state index contributed by atoms with van der Waals surface area (Å²) >= 11 is 0. The second-order valence-corrected chi connectivity index (χ2v) is 6.21. The lowest BCUT2D eigenvalue weighted by Gasteiger charge is -2.15. The number of likely N-dealkylation sites (tertiary alicyclic amines) is 1. The van der Waals surface area contributed by atoms with Crippen molar-refractivity contribution < 1.29 is 14.0 Å². The maximum atomic E-state index is 12.8. The molecule has 4 nitrogen and oxygen atoms in total. The van der Waals surface area contributed by atoms with Crippen molar-refractivity contribution in [3.05, 3.63) is 71.0 Å². The molecule has 1 aliphatic heterocycles. The second-order valence-electron chi connectivity index (χ2n) is 6.21. The minimum Gasteiger partial charge on any atom is -0.352 e. The first-order valence-corrected chi connectivity index (χ1v) is 8.55. The summed E-state index contributed by atoms with van der Waals surface area (Å²) in [6, 6.07) is 13.0. The molecule has 2 aromatic rings. The van der Waals surface area contributed by atoms with Crippen molar-refractivity contribution in [3.8, 4) is 0 Å². The lowest BCUT2D eigenvalue weighted by atomic mass is 10.1. The van der Waals surface area contributed by atoms with E-state index in [1.54, 1.807) is 36.4 Å². The average Bonchev–Trinajstić information content (AvgIpc) is 3.17. The Bertz CT molecular complexity index is 735. The van der Waals surface area contributed by atoms with E-state index in [1.165, 1.54) is 12.1 Å². The van der Waals surface area contributed by atoms with Gasteiger partial charge in [0.05, 0.1) is 0 Å². The molecule has 0 unspecified atom stereocenters. The Kier molecular flexibility index (Phi) is 5.43. The maximum absolute atomic E-state index is 12.8. The van der Waals surface area contributed by atoms with Gasteiger partial charge in [0, 0.05) is 30.8 Å². The quantitative estimate of drug-likeness (QED) is 0.909. The molecule has 5 heteroatoms. The zero-order valence-corrected chi connectivity index (χ0v) is 14.0. The largest absolute Gasteiger partial charge is 0.352 e.